The highest BCUT2D eigenvalue weighted by Crippen LogP contribution is 2.38. The average molecular weight is 480 g/mol. The second-order valence-corrected chi connectivity index (χ2v) is 9.50. The van der Waals surface area contributed by atoms with Crippen LogP contribution in [-0.4, -0.2) is 25.6 Å². The van der Waals surface area contributed by atoms with Gasteiger partial charge in [-0.2, -0.15) is 0 Å². The van der Waals surface area contributed by atoms with Crippen LogP contribution in [0.3, 0.4) is 0 Å². The molecule has 156 valence electrons. The number of hydrogen-bond donors (Lipinski definition) is 1. The van der Waals surface area contributed by atoms with E-state index >= 15 is 0 Å². The molecule has 3 rings (SSSR count). The monoisotopic (exact) mass is 479 g/mol. The zero-order valence-corrected chi connectivity index (χ0v) is 19.6. The van der Waals surface area contributed by atoms with Crippen LogP contribution in [0.4, 0.5) is 5.00 Å². The second-order valence-electron chi connectivity index (χ2n) is 7.54. The number of benzene rings is 1. The molecule has 0 atom stereocenters. The molecule has 1 aromatic heterocycles. The Bertz CT molecular complexity index is 935. The lowest BCUT2D eigenvalue weighted by molar-refractivity contribution is -0.118. The fourth-order valence-corrected chi connectivity index (χ4v) is 5.18. The van der Waals surface area contributed by atoms with Gasteiger partial charge < -0.3 is 14.8 Å². The van der Waals surface area contributed by atoms with Crippen molar-refractivity contribution in [2.75, 3.05) is 19.0 Å². The van der Waals surface area contributed by atoms with E-state index in [-0.39, 0.29) is 18.4 Å². The van der Waals surface area contributed by atoms with Crippen molar-refractivity contribution >= 4 is 44.1 Å². The number of halogens is 1. The summed E-state index contributed by atoms with van der Waals surface area (Å²) in [5.41, 5.74) is 3.61. The van der Waals surface area contributed by atoms with E-state index < -0.39 is 5.97 Å². The second kappa shape index (κ2) is 9.30. The Hall–Kier alpha value is -1.86. The molecule has 1 N–H and O–H groups in total. The highest BCUT2D eigenvalue weighted by atomic mass is 79.9. The molecule has 0 saturated carbocycles. The molecule has 0 aliphatic heterocycles. The van der Waals surface area contributed by atoms with E-state index in [2.05, 4.69) is 35.1 Å². The van der Waals surface area contributed by atoms with Crippen LogP contribution in [0, 0.1) is 6.92 Å². The molecule has 0 bridgehead atoms. The minimum Gasteiger partial charge on any atom is -0.483 e. The highest BCUT2D eigenvalue weighted by molar-refractivity contribution is 9.10. The summed E-state index contributed by atoms with van der Waals surface area (Å²) >= 11 is 5.03. The van der Waals surface area contributed by atoms with Gasteiger partial charge >= 0.3 is 5.97 Å². The smallest absolute Gasteiger partial charge is 0.341 e. The highest BCUT2D eigenvalue weighted by Gasteiger charge is 2.27. The van der Waals surface area contributed by atoms with Gasteiger partial charge in [-0.05, 0) is 67.3 Å². The summed E-state index contributed by atoms with van der Waals surface area (Å²) in [6, 6.07) is 3.98. The molecule has 1 aromatic carbocycles. The number of rotatable bonds is 6. The lowest BCUT2D eigenvalue weighted by Gasteiger charge is -2.16. The summed E-state index contributed by atoms with van der Waals surface area (Å²) in [7, 11) is 1.37. The van der Waals surface area contributed by atoms with Crippen LogP contribution in [0.15, 0.2) is 16.6 Å². The van der Waals surface area contributed by atoms with Crippen LogP contribution in [0.25, 0.3) is 0 Å². The Balaban J connectivity index is 1.76. The number of nitrogens with one attached hydrogen (secondary N) is 1. The van der Waals surface area contributed by atoms with E-state index in [9.17, 15) is 9.59 Å². The van der Waals surface area contributed by atoms with Gasteiger partial charge in [0.15, 0.2) is 6.61 Å². The molecule has 2 aromatic rings. The third-order valence-electron chi connectivity index (χ3n) is 5.09. The molecular formula is C22H26BrNO4S. The first-order valence-corrected chi connectivity index (χ1v) is 11.4. The van der Waals surface area contributed by atoms with Gasteiger partial charge in [0.2, 0.25) is 0 Å². The Morgan fingerprint density at radius 1 is 1.24 bits per heavy atom. The summed E-state index contributed by atoms with van der Waals surface area (Å²) in [4.78, 5) is 26.1. The topological polar surface area (TPSA) is 64.6 Å². The van der Waals surface area contributed by atoms with E-state index in [1.807, 2.05) is 19.1 Å². The standard InChI is InChI=1S/C22H26BrNO4S/c1-12(2)15-10-16(23)13(3)9-17(15)28-11-19(25)24-21-20(22(26)27-4)14-7-5-6-8-18(14)29-21/h9-10,12H,5-8,11H2,1-4H3,(H,24,25). The fourth-order valence-electron chi connectivity index (χ4n) is 3.52. The molecule has 7 heteroatoms. The number of carbonyl (C=O) groups is 2. The minimum absolute atomic E-state index is 0.121. The number of hydrogen-bond acceptors (Lipinski definition) is 5. The first-order valence-electron chi connectivity index (χ1n) is 9.77. The molecule has 1 aliphatic rings. The van der Waals surface area contributed by atoms with E-state index in [0.717, 1.165) is 46.8 Å². The predicted octanol–water partition coefficient (Wildman–Crippen LogP) is 5.63. The van der Waals surface area contributed by atoms with E-state index in [1.54, 1.807) is 0 Å². The summed E-state index contributed by atoms with van der Waals surface area (Å²) in [6.45, 7) is 6.04. The van der Waals surface area contributed by atoms with Crippen LogP contribution < -0.4 is 10.1 Å². The SMILES string of the molecule is COC(=O)c1c(NC(=O)COc2cc(C)c(Br)cc2C(C)C)sc2c1CCCC2. The molecule has 0 radical (unpaired) electrons. The lowest BCUT2D eigenvalue weighted by Crippen LogP contribution is -2.21. The minimum atomic E-state index is -0.397. The number of thiophene rings is 1. The zero-order chi connectivity index (χ0) is 21.1. The van der Waals surface area contributed by atoms with Crippen LogP contribution in [0.5, 0.6) is 5.75 Å². The zero-order valence-electron chi connectivity index (χ0n) is 17.2. The third-order valence-corrected chi connectivity index (χ3v) is 7.15. The third kappa shape index (κ3) is 4.83. The summed E-state index contributed by atoms with van der Waals surface area (Å²) in [5, 5.41) is 3.44. The molecular weight excluding hydrogens is 454 g/mol. The van der Waals surface area contributed by atoms with E-state index in [1.165, 1.54) is 23.3 Å². The van der Waals surface area contributed by atoms with Gasteiger partial charge in [-0.15, -0.1) is 11.3 Å². The van der Waals surface area contributed by atoms with Crippen LogP contribution in [0.1, 0.15) is 64.5 Å². The van der Waals surface area contributed by atoms with Crippen molar-refractivity contribution in [1.82, 2.24) is 0 Å². The Kier molecular flexibility index (Phi) is 7.01. The van der Waals surface area contributed by atoms with Crippen LogP contribution >= 0.6 is 27.3 Å². The maximum atomic E-state index is 12.6. The number of carbonyl (C=O) groups excluding carboxylic acids is 2. The molecule has 0 fully saturated rings. The number of fused-ring (bicyclic) bond motifs is 1. The van der Waals surface area contributed by atoms with Gasteiger partial charge in [0.1, 0.15) is 10.8 Å². The van der Waals surface area contributed by atoms with Crippen LogP contribution in [-0.2, 0) is 22.4 Å². The van der Waals surface area contributed by atoms with Gasteiger partial charge in [0.05, 0.1) is 12.7 Å². The molecule has 29 heavy (non-hydrogen) atoms. The van der Waals surface area contributed by atoms with Gasteiger partial charge in [0, 0.05) is 9.35 Å². The normalized spacial score (nSPS) is 13.2. The molecule has 0 spiro atoms. The summed E-state index contributed by atoms with van der Waals surface area (Å²) in [6.07, 6.45) is 3.93. The van der Waals surface area contributed by atoms with Crippen molar-refractivity contribution in [3.63, 3.8) is 0 Å². The fraction of sp³-hybridized carbons (Fsp3) is 0.455. The quantitative estimate of drug-likeness (QED) is 0.545. The molecule has 0 unspecified atom stereocenters. The first kappa shape index (κ1) is 21.8. The summed E-state index contributed by atoms with van der Waals surface area (Å²) < 4.78 is 11.8. The van der Waals surface area contributed by atoms with Crippen LogP contribution in [0.2, 0.25) is 0 Å². The van der Waals surface area contributed by atoms with Gasteiger partial charge in [-0.1, -0.05) is 29.8 Å². The van der Waals surface area contributed by atoms with Crippen molar-refractivity contribution in [2.45, 2.75) is 52.4 Å². The number of methoxy groups -OCH3 is 1. The molecule has 1 heterocycles. The molecule has 5 nitrogen and oxygen atoms in total. The largest absolute Gasteiger partial charge is 0.483 e. The van der Waals surface area contributed by atoms with E-state index in [4.69, 9.17) is 9.47 Å². The van der Waals surface area contributed by atoms with Gasteiger partial charge in [-0.3, -0.25) is 4.79 Å². The van der Waals surface area contributed by atoms with E-state index in [0.29, 0.717) is 16.3 Å². The maximum absolute atomic E-state index is 12.6. The molecule has 1 amide bonds. The Morgan fingerprint density at radius 3 is 2.66 bits per heavy atom. The molecule has 1 aliphatic carbocycles. The predicted molar refractivity (Wildman–Crippen MR) is 119 cm³/mol. The van der Waals surface area contributed by atoms with Crippen molar-refractivity contribution < 1.29 is 19.1 Å². The lowest BCUT2D eigenvalue weighted by atomic mass is 9.95. The first-order chi connectivity index (χ1) is 13.8. The number of aryl methyl sites for hydroxylation is 2. The number of ether oxygens (including phenoxy) is 2. The van der Waals surface area contributed by atoms with Crippen molar-refractivity contribution in [2.24, 2.45) is 0 Å². The number of esters is 1. The van der Waals surface area contributed by atoms with Crippen molar-refractivity contribution in [1.29, 1.82) is 0 Å². The van der Waals surface area contributed by atoms with Gasteiger partial charge in [0.25, 0.3) is 5.91 Å². The maximum Gasteiger partial charge on any atom is 0.341 e. The number of anilines is 1. The number of amides is 1. The van der Waals surface area contributed by atoms with Gasteiger partial charge in [-0.25, -0.2) is 4.79 Å². The summed E-state index contributed by atoms with van der Waals surface area (Å²) in [5.74, 6) is 0.282. The average Bonchev–Trinajstić information content (AvgIpc) is 3.05. The Labute approximate surface area is 183 Å². The Morgan fingerprint density at radius 2 is 1.97 bits per heavy atom. The molecule has 0 saturated heterocycles. The van der Waals surface area contributed by atoms with Crippen molar-refractivity contribution in [3.05, 3.63) is 43.7 Å². The van der Waals surface area contributed by atoms with Crippen molar-refractivity contribution in [3.8, 4) is 5.75 Å².